The quantitative estimate of drug-likeness (QED) is 0.909. The van der Waals surface area contributed by atoms with Crippen molar-refractivity contribution in [1.29, 1.82) is 0 Å². The maximum absolute atomic E-state index is 12.8. The smallest absolute Gasteiger partial charge is 0.264 e. The van der Waals surface area contributed by atoms with Gasteiger partial charge in [0.05, 0.1) is 10.6 Å². The van der Waals surface area contributed by atoms with Crippen LogP contribution >= 0.6 is 0 Å². The van der Waals surface area contributed by atoms with Gasteiger partial charge in [-0.3, -0.25) is 9.10 Å². The summed E-state index contributed by atoms with van der Waals surface area (Å²) < 4.78 is 26.7. The van der Waals surface area contributed by atoms with E-state index in [1.807, 2.05) is 27.7 Å². The van der Waals surface area contributed by atoms with Crippen LogP contribution in [-0.2, 0) is 10.0 Å². The van der Waals surface area contributed by atoms with Crippen LogP contribution in [0.15, 0.2) is 53.4 Å². The number of amides is 1. The van der Waals surface area contributed by atoms with Crippen LogP contribution in [0.1, 0.15) is 36.7 Å². The van der Waals surface area contributed by atoms with E-state index >= 15 is 0 Å². The molecule has 0 bridgehead atoms. The van der Waals surface area contributed by atoms with Gasteiger partial charge in [-0.2, -0.15) is 0 Å². The highest BCUT2D eigenvalue weighted by atomic mass is 32.2. The molecule has 0 fully saturated rings. The van der Waals surface area contributed by atoms with Gasteiger partial charge in [-0.1, -0.05) is 23.8 Å². The highest BCUT2D eigenvalue weighted by Crippen LogP contribution is 2.23. The molecule has 2 aromatic carbocycles. The number of benzene rings is 2. The Morgan fingerprint density at radius 2 is 1.64 bits per heavy atom. The molecule has 1 amide bonds. The first-order valence-electron chi connectivity index (χ1n) is 7.99. The summed E-state index contributed by atoms with van der Waals surface area (Å²) in [6.45, 7) is 7.57. The number of sulfonamides is 1. The second-order valence-electron chi connectivity index (χ2n) is 7.04. The molecular formula is C19H24N2O3S. The molecule has 0 aliphatic carbocycles. The molecule has 5 nitrogen and oxygen atoms in total. The summed E-state index contributed by atoms with van der Waals surface area (Å²) >= 11 is 0. The van der Waals surface area contributed by atoms with Crippen LogP contribution in [0.3, 0.4) is 0 Å². The second kappa shape index (κ2) is 6.88. The monoisotopic (exact) mass is 360 g/mol. The summed E-state index contributed by atoms with van der Waals surface area (Å²) in [5.41, 5.74) is 1.47. The van der Waals surface area contributed by atoms with Crippen molar-refractivity contribution in [2.24, 2.45) is 0 Å². The number of hydrogen-bond donors (Lipinski definition) is 1. The minimum atomic E-state index is -3.68. The number of aryl methyl sites for hydroxylation is 1. The van der Waals surface area contributed by atoms with Crippen molar-refractivity contribution in [2.75, 3.05) is 11.4 Å². The van der Waals surface area contributed by atoms with E-state index in [1.165, 1.54) is 11.4 Å². The lowest BCUT2D eigenvalue weighted by molar-refractivity contribution is 0.0919. The van der Waals surface area contributed by atoms with Gasteiger partial charge in [-0.15, -0.1) is 0 Å². The summed E-state index contributed by atoms with van der Waals surface area (Å²) in [6.07, 6.45) is 0. The Bertz CT molecular complexity index is 866. The molecule has 6 heteroatoms. The van der Waals surface area contributed by atoms with Gasteiger partial charge in [-0.05, 0) is 58.0 Å². The van der Waals surface area contributed by atoms with Gasteiger partial charge >= 0.3 is 0 Å². The van der Waals surface area contributed by atoms with Crippen molar-refractivity contribution in [3.63, 3.8) is 0 Å². The number of hydrogen-bond acceptors (Lipinski definition) is 3. The molecule has 0 heterocycles. The minimum absolute atomic E-state index is 0.213. The standard InChI is InChI=1S/C19H24N2O3S/c1-14-9-11-17(12-10-14)25(23,24)21(5)16-8-6-7-15(13-16)18(22)20-19(2,3)4/h6-13H,1-5H3,(H,20,22). The van der Waals surface area contributed by atoms with E-state index in [1.54, 1.807) is 48.5 Å². The van der Waals surface area contributed by atoms with Gasteiger partial charge in [0, 0.05) is 18.2 Å². The normalized spacial score (nSPS) is 11.9. The zero-order valence-corrected chi connectivity index (χ0v) is 16.0. The molecule has 25 heavy (non-hydrogen) atoms. The molecule has 1 N–H and O–H groups in total. The Morgan fingerprint density at radius 1 is 1.04 bits per heavy atom. The maximum Gasteiger partial charge on any atom is 0.264 e. The van der Waals surface area contributed by atoms with Crippen LogP contribution in [0.5, 0.6) is 0 Å². The lowest BCUT2D eigenvalue weighted by Gasteiger charge is -2.22. The summed E-state index contributed by atoms with van der Waals surface area (Å²) in [5.74, 6) is -0.240. The molecule has 0 spiro atoms. The molecular weight excluding hydrogens is 336 g/mol. The van der Waals surface area contributed by atoms with Crippen molar-refractivity contribution in [3.05, 3.63) is 59.7 Å². The predicted octanol–water partition coefficient (Wildman–Crippen LogP) is 3.35. The fourth-order valence-electron chi connectivity index (χ4n) is 2.26. The number of rotatable bonds is 4. The predicted molar refractivity (Wildman–Crippen MR) is 100 cm³/mol. The molecule has 0 aromatic heterocycles. The third-order valence-corrected chi connectivity index (χ3v) is 5.44. The van der Waals surface area contributed by atoms with Crippen LogP contribution in [0.2, 0.25) is 0 Å². The summed E-state index contributed by atoms with van der Waals surface area (Å²) in [5, 5.41) is 2.87. The number of anilines is 1. The van der Waals surface area contributed by atoms with Crippen LogP contribution in [-0.4, -0.2) is 26.9 Å². The fourth-order valence-corrected chi connectivity index (χ4v) is 3.45. The van der Waals surface area contributed by atoms with Crippen molar-refractivity contribution < 1.29 is 13.2 Å². The zero-order chi connectivity index (χ0) is 18.8. The molecule has 0 saturated carbocycles. The Labute approximate surface area is 149 Å². The average Bonchev–Trinajstić information content (AvgIpc) is 2.53. The summed E-state index contributed by atoms with van der Waals surface area (Å²) in [6, 6.07) is 13.3. The SMILES string of the molecule is Cc1ccc(S(=O)(=O)N(C)c2cccc(C(=O)NC(C)(C)C)c2)cc1. The first kappa shape index (κ1) is 19.0. The third-order valence-electron chi connectivity index (χ3n) is 3.64. The Hall–Kier alpha value is -2.34. The van der Waals surface area contributed by atoms with E-state index in [9.17, 15) is 13.2 Å². The van der Waals surface area contributed by atoms with Crippen molar-refractivity contribution in [3.8, 4) is 0 Å². The largest absolute Gasteiger partial charge is 0.347 e. The maximum atomic E-state index is 12.8. The zero-order valence-electron chi connectivity index (χ0n) is 15.2. The van der Waals surface area contributed by atoms with Gasteiger partial charge in [0.1, 0.15) is 0 Å². The Morgan fingerprint density at radius 3 is 2.20 bits per heavy atom. The van der Waals surface area contributed by atoms with Crippen LogP contribution in [0.25, 0.3) is 0 Å². The summed E-state index contributed by atoms with van der Waals surface area (Å²) in [4.78, 5) is 12.5. The number of nitrogens with one attached hydrogen (secondary N) is 1. The highest BCUT2D eigenvalue weighted by molar-refractivity contribution is 7.92. The molecule has 2 rings (SSSR count). The van der Waals surface area contributed by atoms with E-state index in [0.717, 1.165) is 5.56 Å². The first-order valence-corrected chi connectivity index (χ1v) is 9.43. The Kier molecular flexibility index (Phi) is 5.23. The van der Waals surface area contributed by atoms with Crippen molar-refractivity contribution in [2.45, 2.75) is 38.1 Å². The van der Waals surface area contributed by atoms with Crippen LogP contribution in [0, 0.1) is 6.92 Å². The average molecular weight is 360 g/mol. The molecule has 134 valence electrons. The molecule has 0 unspecified atom stereocenters. The molecule has 0 aliphatic heterocycles. The number of carbonyl (C=O) groups excluding carboxylic acids is 1. The highest BCUT2D eigenvalue weighted by Gasteiger charge is 2.22. The molecule has 0 aliphatic rings. The molecule has 0 saturated heterocycles. The second-order valence-corrected chi connectivity index (χ2v) is 9.01. The molecule has 0 atom stereocenters. The first-order chi connectivity index (χ1) is 11.5. The topological polar surface area (TPSA) is 66.5 Å². The van der Waals surface area contributed by atoms with E-state index in [2.05, 4.69) is 5.32 Å². The van der Waals surface area contributed by atoms with Gasteiger partial charge in [0.2, 0.25) is 0 Å². The lowest BCUT2D eigenvalue weighted by atomic mass is 10.1. The van der Waals surface area contributed by atoms with E-state index in [0.29, 0.717) is 11.3 Å². The van der Waals surface area contributed by atoms with E-state index in [-0.39, 0.29) is 16.3 Å². The number of carbonyl (C=O) groups is 1. The van der Waals surface area contributed by atoms with Crippen molar-refractivity contribution >= 4 is 21.6 Å². The Balaban J connectivity index is 2.33. The molecule has 0 radical (unpaired) electrons. The number of nitrogens with zero attached hydrogens (tertiary/aromatic N) is 1. The van der Waals surface area contributed by atoms with Gasteiger partial charge in [-0.25, -0.2) is 8.42 Å². The van der Waals surface area contributed by atoms with E-state index < -0.39 is 10.0 Å². The van der Waals surface area contributed by atoms with E-state index in [4.69, 9.17) is 0 Å². The van der Waals surface area contributed by atoms with Gasteiger partial charge < -0.3 is 5.32 Å². The van der Waals surface area contributed by atoms with Crippen molar-refractivity contribution in [1.82, 2.24) is 5.32 Å². The van der Waals surface area contributed by atoms with Gasteiger partial charge in [0.15, 0.2) is 0 Å². The molecule has 2 aromatic rings. The fraction of sp³-hybridized carbons (Fsp3) is 0.316. The third kappa shape index (κ3) is 4.60. The van der Waals surface area contributed by atoms with Gasteiger partial charge in [0.25, 0.3) is 15.9 Å². The minimum Gasteiger partial charge on any atom is -0.347 e. The van der Waals surface area contributed by atoms with Crippen LogP contribution in [0.4, 0.5) is 5.69 Å². The summed E-state index contributed by atoms with van der Waals surface area (Å²) in [7, 11) is -2.20. The lowest BCUT2D eigenvalue weighted by Crippen LogP contribution is -2.40. The van der Waals surface area contributed by atoms with Crippen LogP contribution < -0.4 is 9.62 Å².